The molecule has 14 heteroatoms. The quantitative estimate of drug-likeness (QED) is 0.100. The predicted octanol–water partition coefficient (Wildman–Crippen LogP) is 8.48. The Morgan fingerprint density at radius 1 is 0.698 bits per heavy atom. The number of aromatic nitrogens is 4. The fourth-order valence-electron chi connectivity index (χ4n) is 9.28. The molecule has 324 valence electrons. The van der Waals surface area contributed by atoms with Crippen molar-refractivity contribution in [1.29, 1.82) is 0 Å². The molecule has 4 atom stereocenters. The van der Waals surface area contributed by atoms with E-state index in [1.165, 1.54) is 14.2 Å². The minimum absolute atomic E-state index is 0.0803. The van der Waals surface area contributed by atoms with E-state index in [0.29, 0.717) is 18.7 Å². The molecule has 1 aliphatic carbocycles. The monoisotopic (exact) mass is 848 g/mol. The maximum atomic E-state index is 14.2. The van der Waals surface area contributed by atoms with Crippen molar-refractivity contribution in [2.24, 2.45) is 11.3 Å². The van der Waals surface area contributed by atoms with Crippen LogP contribution in [0.4, 0.5) is 9.59 Å². The van der Waals surface area contributed by atoms with E-state index in [0.717, 1.165) is 88.2 Å². The summed E-state index contributed by atoms with van der Waals surface area (Å²) in [7, 11) is 2.59. The molecule has 6 aromatic rings. The lowest BCUT2D eigenvalue weighted by molar-refractivity contribution is -0.136. The molecule has 4 amide bonds. The van der Waals surface area contributed by atoms with Gasteiger partial charge in [0.05, 0.1) is 50.1 Å². The van der Waals surface area contributed by atoms with Gasteiger partial charge in [-0.2, -0.15) is 0 Å². The Balaban J connectivity index is 0.886. The molecule has 0 bridgehead atoms. The summed E-state index contributed by atoms with van der Waals surface area (Å²) < 4.78 is 9.66. The molecule has 14 nitrogen and oxygen atoms in total. The smallest absolute Gasteiger partial charge is 0.407 e. The fourth-order valence-corrected chi connectivity index (χ4v) is 9.28. The number of alkyl carbamates (subject to hydrolysis) is 2. The van der Waals surface area contributed by atoms with E-state index in [1.54, 1.807) is 0 Å². The molecule has 2 aromatic heterocycles. The van der Waals surface area contributed by atoms with E-state index >= 15 is 0 Å². The second kappa shape index (κ2) is 17.1. The van der Waals surface area contributed by atoms with Crippen LogP contribution in [0.3, 0.4) is 0 Å². The highest BCUT2D eigenvalue weighted by atomic mass is 16.5. The number of rotatable bonds is 11. The van der Waals surface area contributed by atoms with Gasteiger partial charge < -0.3 is 39.9 Å². The number of hydrogen-bond acceptors (Lipinski definition) is 8. The molecule has 2 saturated heterocycles. The molecule has 4 N–H and O–H groups in total. The van der Waals surface area contributed by atoms with Crippen molar-refractivity contribution in [2.75, 3.05) is 27.3 Å². The highest BCUT2D eigenvalue weighted by Gasteiger charge is 2.55. The van der Waals surface area contributed by atoms with Gasteiger partial charge in [0.25, 0.3) is 5.91 Å². The number of methoxy groups -OCH3 is 2. The number of benzene rings is 4. The minimum Gasteiger partial charge on any atom is -0.453 e. The lowest BCUT2D eigenvalue weighted by atomic mass is 9.98. The summed E-state index contributed by atoms with van der Waals surface area (Å²) in [6.45, 7) is 5.02. The van der Waals surface area contributed by atoms with Gasteiger partial charge in [0.15, 0.2) is 0 Å². The molecule has 0 radical (unpaired) electrons. The average Bonchev–Trinajstić information content (AvgIpc) is 3.85. The molecule has 4 aromatic carbocycles. The second-order valence-electron chi connectivity index (χ2n) is 17.4. The molecular weight excluding hydrogens is 797 g/mol. The van der Waals surface area contributed by atoms with Gasteiger partial charge in [-0.3, -0.25) is 9.59 Å². The third kappa shape index (κ3) is 8.37. The van der Waals surface area contributed by atoms with E-state index in [2.05, 4.69) is 81.3 Å². The minimum atomic E-state index is -0.879. The van der Waals surface area contributed by atoms with Crippen LogP contribution in [0.5, 0.6) is 0 Å². The van der Waals surface area contributed by atoms with Crippen LogP contribution in [0.1, 0.15) is 81.3 Å². The number of hydrogen-bond donors (Lipinski definition) is 4. The molecule has 1 unspecified atom stereocenters. The molecule has 4 heterocycles. The van der Waals surface area contributed by atoms with Crippen LogP contribution in [0.2, 0.25) is 0 Å². The zero-order valence-corrected chi connectivity index (χ0v) is 35.9. The Morgan fingerprint density at radius 3 is 1.94 bits per heavy atom. The Morgan fingerprint density at radius 2 is 1.29 bits per heavy atom. The Hall–Kier alpha value is -6.96. The molecule has 9 rings (SSSR count). The van der Waals surface area contributed by atoms with Crippen molar-refractivity contribution < 1.29 is 28.7 Å². The maximum Gasteiger partial charge on any atom is 0.407 e. The molecule has 63 heavy (non-hydrogen) atoms. The second-order valence-corrected chi connectivity index (χ2v) is 17.4. The maximum absolute atomic E-state index is 14.2. The topological polar surface area (TPSA) is 175 Å². The number of carbonyl (C=O) groups is 4. The van der Waals surface area contributed by atoms with Gasteiger partial charge in [0.2, 0.25) is 5.91 Å². The third-order valence-electron chi connectivity index (χ3n) is 13.0. The van der Waals surface area contributed by atoms with E-state index < -0.39 is 24.3 Å². The van der Waals surface area contributed by atoms with Crippen LogP contribution in [-0.4, -0.2) is 87.1 Å². The highest BCUT2D eigenvalue weighted by Crippen LogP contribution is 2.58. The molecule has 3 aliphatic rings. The predicted molar refractivity (Wildman–Crippen MR) is 238 cm³/mol. The number of likely N-dealkylation sites (tertiary alicyclic amines) is 2. The lowest BCUT2D eigenvalue weighted by Gasteiger charge is -2.30. The number of ether oxygens (including phenoxy) is 2. The summed E-state index contributed by atoms with van der Waals surface area (Å²) in [6, 6.07) is 28.4. The van der Waals surface area contributed by atoms with Crippen LogP contribution in [0.15, 0.2) is 103 Å². The van der Waals surface area contributed by atoms with Crippen LogP contribution in [0, 0.1) is 11.3 Å². The Kier molecular flexibility index (Phi) is 11.2. The highest BCUT2D eigenvalue weighted by molar-refractivity contribution is 5.91. The Bertz CT molecular complexity index is 2650. The normalized spacial score (nSPS) is 18.7. The molecule has 3 fully saturated rings. The van der Waals surface area contributed by atoms with E-state index in [4.69, 9.17) is 19.4 Å². The first-order valence-corrected chi connectivity index (χ1v) is 21.6. The van der Waals surface area contributed by atoms with Crippen molar-refractivity contribution in [3.63, 3.8) is 0 Å². The van der Waals surface area contributed by atoms with Gasteiger partial charge >= 0.3 is 12.2 Å². The summed E-state index contributed by atoms with van der Waals surface area (Å²) in [5.41, 5.74) is 6.65. The number of carbonyl (C=O) groups excluding carboxylic acids is 4. The van der Waals surface area contributed by atoms with Crippen molar-refractivity contribution >= 4 is 34.8 Å². The molecular formula is C49H52N8O6. The van der Waals surface area contributed by atoms with E-state index in [1.807, 2.05) is 66.4 Å². The Labute approximate surface area is 365 Å². The van der Waals surface area contributed by atoms with Crippen LogP contribution in [0.25, 0.3) is 44.4 Å². The first kappa shape index (κ1) is 41.4. The van der Waals surface area contributed by atoms with Gasteiger partial charge in [0, 0.05) is 18.7 Å². The number of H-pyrrole nitrogens is 2. The first-order valence-electron chi connectivity index (χ1n) is 21.6. The number of nitrogens with one attached hydrogen (secondary N) is 4. The SMILES string of the molecule is COC(=O)NC(C(=O)N1CCC[C@H]1c1ncc(-c2ccc3cc(-c4ccc(-c5cnc([C@@H]6CC7(CC7)CN6C(=O)[C@H](NC(=O)OC)c6ccccc6)[nH]5)cc4)ccc3c2)[nH]1)C(C)C. The summed E-state index contributed by atoms with van der Waals surface area (Å²) in [6.07, 6.45) is 6.94. The van der Waals surface area contributed by atoms with Gasteiger partial charge in [-0.25, -0.2) is 19.6 Å². The number of fused-ring (bicyclic) bond motifs is 1. The van der Waals surface area contributed by atoms with Gasteiger partial charge in [0.1, 0.15) is 23.7 Å². The van der Waals surface area contributed by atoms with Crippen LogP contribution >= 0.6 is 0 Å². The summed E-state index contributed by atoms with van der Waals surface area (Å²) in [5, 5.41) is 7.66. The van der Waals surface area contributed by atoms with Crippen molar-refractivity contribution in [3.8, 4) is 33.6 Å². The lowest BCUT2D eigenvalue weighted by Crippen LogP contribution is -2.51. The third-order valence-corrected chi connectivity index (χ3v) is 13.0. The number of aromatic amines is 2. The average molecular weight is 849 g/mol. The first-order chi connectivity index (χ1) is 30.5. The summed E-state index contributed by atoms with van der Waals surface area (Å²) in [4.78, 5) is 72.5. The largest absolute Gasteiger partial charge is 0.453 e. The molecule has 1 spiro atoms. The van der Waals surface area contributed by atoms with Crippen molar-refractivity contribution in [1.82, 2.24) is 40.4 Å². The van der Waals surface area contributed by atoms with Crippen LogP contribution in [-0.2, 0) is 19.1 Å². The standard InChI is InChI=1S/C49H52N8O6/c1-29(2)41(54-47(60)62-3)45(58)56-22-8-11-39(56)43-50-27-38(53-43)36-19-18-34-23-33(16-17-35(34)24-36)30-12-14-31(15-13-30)37-26-51-44(52-37)40-25-49(20-21-49)28-57(40)46(59)42(55-48(61)63-4)32-9-6-5-7-10-32/h5-7,9-10,12-19,23-24,26-27,29,39-42H,8,11,20-22,25,28H2,1-4H3,(H,50,53)(H,51,52)(H,54,60)(H,55,61)/t39-,40-,41?,42+/m0/s1. The molecule has 1 saturated carbocycles. The number of amides is 4. The molecule has 2 aliphatic heterocycles. The fraction of sp³-hybridized carbons (Fsp3) is 0.347. The summed E-state index contributed by atoms with van der Waals surface area (Å²) >= 11 is 0. The van der Waals surface area contributed by atoms with Gasteiger partial charge in [-0.15, -0.1) is 0 Å². The van der Waals surface area contributed by atoms with Crippen molar-refractivity contribution in [2.45, 2.75) is 70.1 Å². The van der Waals surface area contributed by atoms with Crippen molar-refractivity contribution in [3.05, 3.63) is 121 Å². The number of nitrogens with zero attached hydrogens (tertiary/aromatic N) is 4. The van der Waals surface area contributed by atoms with Gasteiger partial charge in [-0.05, 0) is 88.6 Å². The van der Waals surface area contributed by atoms with E-state index in [-0.39, 0.29) is 35.2 Å². The number of imidazole rings is 2. The summed E-state index contributed by atoms with van der Waals surface area (Å²) in [5.74, 6) is 1.03. The zero-order chi connectivity index (χ0) is 43.8. The van der Waals surface area contributed by atoms with Gasteiger partial charge in [-0.1, -0.05) is 92.7 Å². The van der Waals surface area contributed by atoms with Crippen LogP contribution < -0.4 is 10.6 Å². The van der Waals surface area contributed by atoms with E-state index in [9.17, 15) is 19.2 Å². The zero-order valence-electron chi connectivity index (χ0n) is 35.9.